The molecule has 0 spiro atoms. The van der Waals surface area contributed by atoms with E-state index < -0.39 is 0 Å². The molecule has 1 N–H and O–H groups in total. The lowest BCUT2D eigenvalue weighted by molar-refractivity contribution is -0.117. The van der Waals surface area contributed by atoms with Gasteiger partial charge in [-0.05, 0) is 50.2 Å². The van der Waals surface area contributed by atoms with Crippen LogP contribution >= 0.6 is 0 Å². The van der Waals surface area contributed by atoms with Crippen LogP contribution in [0.15, 0.2) is 36.4 Å². The van der Waals surface area contributed by atoms with E-state index in [0.29, 0.717) is 11.8 Å². The summed E-state index contributed by atoms with van der Waals surface area (Å²) in [5, 5.41) is 3.06. The molecular weight excluding hydrogens is 234 g/mol. The van der Waals surface area contributed by atoms with Crippen LogP contribution in [0.25, 0.3) is 0 Å². The van der Waals surface area contributed by atoms with Crippen molar-refractivity contribution in [3.63, 3.8) is 0 Å². The highest BCUT2D eigenvalue weighted by Crippen LogP contribution is 2.51. The molecule has 0 saturated heterocycles. The zero-order valence-corrected chi connectivity index (χ0v) is 11.4. The molecule has 0 radical (unpaired) electrons. The molecule has 1 fully saturated rings. The molecule has 2 aliphatic rings. The van der Waals surface area contributed by atoms with Crippen LogP contribution in [0.1, 0.15) is 31.2 Å². The monoisotopic (exact) mass is 255 g/mol. The largest absolute Gasteiger partial charge is 0.326 e. The molecule has 1 aromatic rings. The fourth-order valence-electron chi connectivity index (χ4n) is 3.16. The number of amides is 1. The van der Waals surface area contributed by atoms with Gasteiger partial charge >= 0.3 is 0 Å². The van der Waals surface area contributed by atoms with Gasteiger partial charge in [0.2, 0.25) is 5.91 Å². The van der Waals surface area contributed by atoms with Gasteiger partial charge in [-0.3, -0.25) is 4.79 Å². The third-order valence-corrected chi connectivity index (χ3v) is 4.37. The van der Waals surface area contributed by atoms with Crippen LogP contribution in [-0.4, -0.2) is 5.91 Å². The van der Waals surface area contributed by atoms with Gasteiger partial charge in [-0.25, -0.2) is 0 Å². The molecule has 1 aromatic carbocycles. The number of allylic oxidation sites excluding steroid dienone is 2. The number of hydrogen-bond donors (Lipinski definition) is 1. The Morgan fingerprint density at radius 2 is 2.00 bits per heavy atom. The minimum atomic E-state index is 0.199. The van der Waals surface area contributed by atoms with Gasteiger partial charge in [0, 0.05) is 11.6 Å². The third-order valence-electron chi connectivity index (χ3n) is 4.37. The number of rotatable bonds is 2. The first-order valence-corrected chi connectivity index (χ1v) is 7.30. The molecule has 1 amide bonds. The third kappa shape index (κ3) is 2.73. The summed E-state index contributed by atoms with van der Waals surface area (Å²) in [5.74, 6) is 1.48. The maximum atomic E-state index is 12.3. The highest BCUT2D eigenvalue weighted by Gasteiger charge is 2.52. The van der Waals surface area contributed by atoms with Crippen LogP contribution in [0.4, 0.5) is 5.69 Å². The maximum Gasteiger partial charge on any atom is 0.228 e. The molecule has 0 aromatic heterocycles. The van der Waals surface area contributed by atoms with Crippen molar-refractivity contribution >= 4 is 11.6 Å². The molecule has 2 nitrogen and oxygen atoms in total. The lowest BCUT2D eigenvalue weighted by atomic mass is 10.1. The Hall–Kier alpha value is -1.57. The fraction of sp³-hybridized carbons (Fsp3) is 0.471. The minimum Gasteiger partial charge on any atom is -0.326 e. The summed E-state index contributed by atoms with van der Waals surface area (Å²) in [6, 6.07) is 8.03. The van der Waals surface area contributed by atoms with Crippen LogP contribution in [0.3, 0.4) is 0 Å². The van der Waals surface area contributed by atoms with E-state index in [2.05, 4.69) is 24.4 Å². The van der Waals surface area contributed by atoms with Gasteiger partial charge in [0.05, 0.1) is 0 Å². The van der Waals surface area contributed by atoms with Crippen molar-refractivity contribution in [1.82, 2.24) is 0 Å². The molecule has 2 heteroatoms. The highest BCUT2D eigenvalue weighted by atomic mass is 16.2. The van der Waals surface area contributed by atoms with Gasteiger partial charge in [0.25, 0.3) is 0 Å². The molecule has 0 heterocycles. The van der Waals surface area contributed by atoms with Crippen molar-refractivity contribution < 1.29 is 4.79 Å². The quantitative estimate of drug-likeness (QED) is 0.797. The standard InChI is InChI=1S/C17H21NO/c1-12-8-10-13(11-9-12)18-17(19)16-14-6-4-2-3-5-7-15(14)16/h4,6,8-11,14-16H,2-3,5,7H2,1H3,(H,18,19)/t14-,15-,16-/m1/s1. The SMILES string of the molecule is Cc1ccc(NC(=O)[C@@H]2[C@@H]3C=CCCCC[C@H]32)cc1. The molecule has 3 rings (SSSR count). The first kappa shape index (κ1) is 12.5. The number of aryl methyl sites for hydroxylation is 1. The van der Waals surface area contributed by atoms with Crippen molar-refractivity contribution in [2.75, 3.05) is 5.32 Å². The Balaban J connectivity index is 1.64. The van der Waals surface area contributed by atoms with E-state index in [-0.39, 0.29) is 11.8 Å². The number of fused-ring (bicyclic) bond motifs is 1. The molecule has 3 atom stereocenters. The van der Waals surface area contributed by atoms with E-state index >= 15 is 0 Å². The number of carbonyl (C=O) groups is 1. The lowest BCUT2D eigenvalue weighted by Gasteiger charge is -2.05. The van der Waals surface area contributed by atoms with E-state index in [4.69, 9.17) is 0 Å². The average molecular weight is 255 g/mol. The second-order valence-corrected chi connectivity index (χ2v) is 5.83. The van der Waals surface area contributed by atoms with Crippen molar-refractivity contribution in [3.05, 3.63) is 42.0 Å². The van der Waals surface area contributed by atoms with Crippen molar-refractivity contribution in [3.8, 4) is 0 Å². The molecule has 100 valence electrons. The molecule has 0 unspecified atom stereocenters. The summed E-state index contributed by atoms with van der Waals surface area (Å²) in [7, 11) is 0. The Bertz CT molecular complexity index is 488. The van der Waals surface area contributed by atoms with Gasteiger partial charge in [0.1, 0.15) is 0 Å². The summed E-state index contributed by atoms with van der Waals surface area (Å²) in [5.41, 5.74) is 2.13. The Morgan fingerprint density at radius 3 is 2.79 bits per heavy atom. The molecule has 19 heavy (non-hydrogen) atoms. The van der Waals surface area contributed by atoms with Gasteiger partial charge in [-0.1, -0.05) is 36.3 Å². The molecule has 1 saturated carbocycles. The molecule has 0 bridgehead atoms. The summed E-state index contributed by atoms with van der Waals surface area (Å²) < 4.78 is 0. The number of nitrogens with one attached hydrogen (secondary N) is 1. The van der Waals surface area contributed by atoms with Gasteiger partial charge in [-0.15, -0.1) is 0 Å². The number of benzene rings is 1. The zero-order chi connectivity index (χ0) is 13.2. The average Bonchev–Trinajstić information content (AvgIpc) is 3.03. The van der Waals surface area contributed by atoms with Gasteiger partial charge in [-0.2, -0.15) is 0 Å². The van der Waals surface area contributed by atoms with Crippen molar-refractivity contribution in [2.45, 2.75) is 32.6 Å². The van der Waals surface area contributed by atoms with Gasteiger partial charge in [0.15, 0.2) is 0 Å². The number of anilines is 1. The topological polar surface area (TPSA) is 29.1 Å². The summed E-state index contributed by atoms with van der Waals surface area (Å²) in [6.45, 7) is 2.05. The molecule has 0 aliphatic heterocycles. The summed E-state index contributed by atoms with van der Waals surface area (Å²) in [4.78, 5) is 12.3. The highest BCUT2D eigenvalue weighted by molar-refractivity contribution is 5.95. The normalized spacial score (nSPS) is 29.0. The smallest absolute Gasteiger partial charge is 0.228 e. The van der Waals surface area contributed by atoms with E-state index in [1.54, 1.807) is 0 Å². The van der Waals surface area contributed by atoms with Crippen LogP contribution in [0.2, 0.25) is 0 Å². The van der Waals surface area contributed by atoms with Gasteiger partial charge < -0.3 is 5.32 Å². The Morgan fingerprint density at radius 1 is 1.21 bits per heavy atom. The fourth-order valence-corrected chi connectivity index (χ4v) is 3.16. The number of carbonyl (C=O) groups excluding carboxylic acids is 1. The lowest BCUT2D eigenvalue weighted by Crippen LogP contribution is -2.15. The second-order valence-electron chi connectivity index (χ2n) is 5.83. The Labute approximate surface area is 114 Å². The minimum absolute atomic E-state index is 0.199. The van der Waals surface area contributed by atoms with Crippen LogP contribution in [0.5, 0.6) is 0 Å². The van der Waals surface area contributed by atoms with Crippen LogP contribution < -0.4 is 5.32 Å². The zero-order valence-electron chi connectivity index (χ0n) is 11.4. The van der Waals surface area contributed by atoms with Crippen molar-refractivity contribution in [2.24, 2.45) is 17.8 Å². The second kappa shape index (κ2) is 5.20. The first-order chi connectivity index (χ1) is 9.25. The van der Waals surface area contributed by atoms with Crippen LogP contribution in [0, 0.1) is 24.7 Å². The summed E-state index contributed by atoms with van der Waals surface area (Å²) >= 11 is 0. The molecule has 2 aliphatic carbocycles. The Kier molecular flexibility index (Phi) is 3.41. The predicted molar refractivity (Wildman–Crippen MR) is 77.9 cm³/mol. The molecular formula is C17H21NO. The maximum absolute atomic E-state index is 12.3. The predicted octanol–water partition coefficient (Wildman–Crippen LogP) is 3.93. The summed E-state index contributed by atoms with van der Waals surface area (Å²) in [6.07, 6.45) is 9.45. The van der Waals surface area contributed by atoms with E-state index in [9.17, 15) is 4.79 Å². The van der Waals surface area contributed by atoms with Crippen LogP contribution in [-0.2, 0) is 4.79 Å². The first-order valence-electron chi connectivity index (χ1n) is 7.30. The number of hydrogen-bond acceptors (Lipinski definition) is 1. The van der Waals surface area contributed by atoms with Crippen molar-refractivity contribution in [1.29, 1.82) is 0 Å². The van der Waals surface area contributed by atoms with E-state index in [1.807, 2.05) is 24.3 Å². The van der Waals surface area contributed by atoms with E-state index in [0.717, 1.165) is 5.69 Å². The van der Waals surface area contributed by atoms with E-state index in [1.165, 1.54) is 31.2 Å².